The monoisotopic (exact) mass is 489 g/mol. The van der Waals surface area contributed by atoms with E-state index in [4.69, 9.17) is 16.3 Å². The highest BCUT2D eigenvalue weighted by Gasteiger charge is 2.25. The summed E-state index contributed by atoms with van der Waals surface area (Å²) in [4.78, 5) is 30.8. The lowest BCUT2D eigenvalue weighted by molar-refractivity contribution is -0.117. The van der Waals surface area contributed by atoms with E-state index in [9.17, 15) is 9.59 Å². The van der Waals surface area contributed by atoms with Crippen molar-refractivity contribution < 1.29 is 14.3 Å². The lowest BCUT2D eigenvalue weighted by Gasteiger charge is -2.35. The Bertz CT molecular complexity index is 1080. The maximum atomic E-state index is 12.8. The van der Waals surface area contributed by atoms with Crippen LogP contribution in [0.1, 0.15) is 17.3 Å². The van der Waals surface area contributed by atoms with Crippen LogP contribution in [-0.4, -0.2) is 56.1 Å². The number of nitrogens with one attached hydrogen (secondary N) is 1. The van der Waals surface area contributed by atoms with Crippen LogP contribution in [0.25, 0.3) is 10.4 Å². The molecule has 1 N–H and O–H groups in total. The molecule has 0 spiro atoms. The summed E-state index contributed by atoms with van der Waals surface area (Å²) in [7, 11) is 0. The van der Waals surface area contributed by atoms with Gasteiger partial charge in [0.1, 0.15) is 10.6 Å². The van der Waals surface area contributed by atoms with Crippen molar-refractivity contribution in [3.05, 3.63) is 57.7 Å². The van der Waals surface area contributed by atoms with E-state index < -0.39 is 5.97 Å². The topological polar surface area (TPSA) is 61.9 Å². The molecule has 1 aromatic carbocycles. The maximum absolute atomic E-state index is 12.8. The normalized spacial score (nSPS) is 14.4. The second-order valence-corrected chi connectivity index (χ2v) is 9.61. The number of amides is 1. The fourth-order valence-electron chi connectivity index (χ4n) is 3.68. The number of ether oxygens (including phenoxy) is 1. The second-order valence-electron chi connectivity index (χ2n) is 7.34. The molecule has 1 saturated heterocycles. The summed E-state index contributed by atoms with van der Waals surface area (Å²) in [6, 6.07) is 11.7. The lowest BCUT2D eigenvalue weighted by atomic mass is 10.1. The number of carbonyl (C=O) groups excluding carboxylic acids is 2. The number of hydrogen-bond donors (Lipinski definition) is 1. The molecule has 1 aliphatic rings. The number of benzene rings is 1. The van der Waals surface area contributed by atoms with Crippen LogP contribution in [0.2, 0.25) is 5.02 Å². The molecule has 0 unspecified atom stereocenters. The summed E-state index contributed by atoms with van der Waals surface area (Å²) in [6.07, 6.45) is 0. The van der Waals surface area contributed by atoms with Crippen molar-refractivity contribution in [2.24, 2.45) is 0 Å². The van der Waals surface area contributed by atoms with Crippen molar-refractivity contribution in [1.29, 1.82) is 0 Å². The Morgan fingerprint density at radius 3 is 2.62 bits per heavy atom. The van der Waals surface area contributed by atoms with E-state index >= 15 is 0 Å². The van der Waals surface area contributed by atoms with Gasteiger partial charge in [-0.3, -0.25) is 9.69 Å². The predicted molar refractivity (Wildman–Crippen MR) is 132 cm³/mol. The predicted octanol–water partition coefficient (Wildman–Crippen LogP) is 5.07. The largest absolute Gasteiger partial charge is 0.462 e. The Labute approximate surface area is 200 Å². The molecule has 3 heterocycles. The molecule has 4 rings (SSSR count). The summed E-state index contributed by atoms with van der Waals surface area (Å²) in [5.74, 6) is -0.547. The number of halogens is 1. The summed E-state index contributed by atoms with van der Waals surface area (Å²) in [5, 5.41) is 8.06. The van der Waals surface area contributed by atoms with Gasteiger partial charge in [-0.15, -0.1) is 22.7 Å². The highest BCUT2D eigenvalue weighted by molar-refractivity contribution is 7.17. The van der Waals surface area contributed by atoms with Crippen molar-refractivity contribution in [2.45, 2.75) is 6.92 Å². The first-order chi connectivity index (χ1) is 15.5. The number of rotatable bonds is 7. The third kappa shape index (κ3) is 5.32. The van der Waals surface area contributed by atoms with Gasteiger partial charge >= 0.3 is 5.97 Å². The molecule has 2 aromatic heterocycles. The minimum atomic E-state index is -0.414. The second kappa shape index (κ2) is 10.5. The Morgan fingerprint density at radius 2 is 1.94 bits per heavy atom. The number of piperazine rings is 1. The minimum Gasteiger partial charge on any atom is -0.462 e. The van der Waals surface area contributed by atoms with E-state index in [0.29, 0.717) is 10.6 Å². The molecule has 32 heavy (non-hydrogen) atoms. The molecule has 0 radical (unpaired) electrons. The summed E-state index contributed by atoms with van der Waals surface area (Å²) >= 11 is 9.01. The molecule has 0 atom stereocenters. The molecular formula is C23H24ClN3O3S2. The molecule has 0 aliphatic carbocycles. The molecule has 9 heteroatoms. The minimum absolute atomic E-state index is 0.133. The molecule has 0 saturated carbocycles. The van der Waals surface area contributed by atoms with Gasteiger partial charge < -0.3 is 15.0 Å². The number of esters is 1. The van der Waals surface area contributed by atoms with Crippen LogP contribution in [0.15, 0.2) is 47.2 Å². The molecule has 168 valence electrons. The smallest absolute Gasteiger partial charge is 0.341 e. The van der Waals surface area contributed by atoms with Crippen LogP contribution in [0.3, 0.4) is 0 Å². The van der Waals surface area contributed by atoms with Gasteiger partial charge in [0.05, 0.1) is 13.2 Å². The van der Waals surface area contributed by atoms with Gasteiger partial charge in [-0.05, 0) is 36.6 Å². The Balaban J connectivity index is 1.39. The first-order valence-corrected chi connectivity index (χ1v) is 12.5. The van der Waals surface area contributed by atoms with Crippen molar-refractivity contribution in [3.8, 4) is 10.4 Å². The van der Waals surface area contributed by atoms with E-state index in [-0.39, 0.29) is 19.1 Å². The van der Waals surface area contributed by atoms with Crippen molar-refractivity contribution >= 4 is 56.8 Å². The average molecular weight is 490 g/mol. The summed E-state index contributed by atoms with van der Waals surface area (Å²) in [5.41, 5.74) is 2.33. The zero-order valence-corrected chi connectivity index (χ0v) is 20.1. The Hall–Kier alpha value is -2.39. The summed E-state index contributed by atoms with van der Waals surface area (Å²) in [6.45, 7) is 5.52. The number of hydrogen-bond acceptors (Lipinski definition) is 7. The summed E-state index contributed by atoms with van der Waals surface area (Å²) < 4.78 is 5.26. The van der Waals surface area contributed by atoms with Crippen LogP contribution < -0.4 is 10.2 Å². The van der Waals surface area contributed by atoms with Gasteiger partial charge in [0.25, 0.3) is 0 Å². The third-order valence-corrected chi connectivity index (χ3v) is 7.26. The highest BCUT2D eigenvalue weighted by Crippen LogP contribution is 2.38. The Morgan fingerprint density at radius 1 is 1.12 bits per heavy atom. The molecule has 1 aliphatic heterocycles. The zero-order valence-electron chi connectivity index (χ0n) is 17.7. The highest BCUT2D eigenvalue weighted by atomic mass is 35.5. The SMILES string of the molecule is CCOC(=O)c1c(-c2cccs2)csc1NC(=O)CN1CCN(c2cccc(Cl)c2)CC1. The third-order valence-electron chi connectivity index (χ3n) is 5.22. The number of thiophene rings is 2. The molecule has 1 amide bonds. The molecule has 1 fully saturated rings. The quantitative estimate of drug-likeness (QED) is 0.469. The van der Waals surface area contributed by atoms with Gasteiger partial charge in [0, 0.05) is 52.7 Å². The Kier molecular flexibility index (Phi) is 7.47. The fourth-order valence-corrected chi connectivity index (χ4v) is 5.65. The van der Waals surface area contributed by atoms with Crippen LogP contribution in [0.4, 0.5) is 10.7 Å². The van der Waals surface area contributed by atoms with Gasteiger partial charge in [0.15, 0.2) is 0 Å². The van der Waals surface area contributed by atoms with Gasteiger partial charge in [-0.25, -0.2) is 4.79 Å². The van der Waals surface area contributed by atoms with Gasteiger partial charge in [0.2, 0.25) is 5.91 Å². The molecule has 0 bridgehead atoms. The van der Waals surface area contributed by atoms with Crippen molar-refractivity contribution in [3.63, 3.8) is 0 Å². The fraction of sp³-hybridized carbons (Fsp3) is 0.304. The van der Waals surface area contributed by atoms with E-state index in [2.05, 4.69) is 15.1 Å². The molecule has 3 aromatic rings. The average Bonchev–Trinajstić information content (AvgIpc) is 3.44. The lowest BCUT2D eigenvalue weighted by Crippen LogP contribution is -2.48. The number of carbonyl (C=O) groups is 2. The van der Waals surface area contributed by atoms with Crippen LogP contribution >= 0.6 is 34.3 Å². The number of nitrogens with zero attached hydrogens (tertiary/aromatic N) is 2. The van der Waals surface area contributed by atoms with Crippen LogP contribution in [-0.2, 0) is 9.53 Å². The van der Waals surface area contributed by atoms with Crippen molar-refractivity contribution in [1.82, 2.24) is 4.90 Å². The standard InChI is InChI=1S/C23H24ClN3O3S2/c1-2-30-23(29)21-18(19-7-4-12-31-19)15-32-22(21)25-20(28)14-26-8-10-27(11-9-26)17-6-3-5-16(24)13-17/h3-7,12-13,15H,2,8-11,14H2,1H3,(H,25,28). The van der Waals surface area contributed by atoms with E-state index in [1.165, 1.54) is 11.3 Å². The molecule has 6 nitrogen and oxygen atoms in total. The van der Waals surface area contributed by atoms with E-state index in [0.717, 1.165) is 47.3 Å². The van der Waals surface area contributed by atoms with Gasteiger partial charge in [-0.1, -0.05) is 23.7 Å². The van der Waals surface area contributed by atoms with E-state index in [1.54, 1.807) is 18.3 Å². The number of anilines is 2. The van der Waals surface area contributed by atoms with Crippen LogP contribution in [0.5, 0.6) is 0 Å². The van der Waals surface area contributed by atoms with E-state index in [1.807, 2.05) is 47.2 Å². The van der Waals surface area contributed by atoms with Gasteiger partial charge in [-0.2, -0.15) is 0 Å². The van der Waals surface area contributed by atoms with Crippen LogP contribution in [0, 0.1) is 0 Å². The molecular weight excluding hydrogens is 466 g/mol. The maximum Gasteiger partial charge on any atom is 0.341 e. The zero-order chi connectivity index (χ0) is 22.5. The first-order valence-electron chi connectivity index (χ1n) is 10.4. The van der Waals surface area contributed by atoms with Crippen molar-refractivity contribution in [2.75, 3.05) is 49.5 Å². The first kappa shape index (κ1) is 22.8.